The van der Waals surface area contributed by atoms with E-state index < -0.39 is 0 Å². The minimum absolute atomic E-state index is 0.841. The van der Waals surface area contributed by atoms with E-state index in [1.165, 1.54) is 17.5 Å². The number of aliphatic imine (C=N–C) groups is 1. The SMILES string of the molecule is CCC/C=C(/N=C(Nc1ccc(C)cc1)c1ccccc1C)c1cccnc1.CCl. The highest BCUT2D eigenvalue weighted by molar-refractivity contribution is 6.15. The molecule has 0 spiro atoms. The number of allylic oxidation sites excluding steroid dienone is 1. The quantitative estimate of drug-likeness (QED) is 0.259. The van der Waals surface area contributed by atoms with Gasteiger partial charge in [-0.3, -0.25) is 4.98 Å². The topological polar surface area (TPSA) is 37.3 Å². The van der Waals surface area contributed by atoms with Crippen LogP contribution in [0.1, 0.15) is 42.0 Å². The summed E-state index contributed by atoms with van der Waals surface area (Å²) in [4.78, 5) is 9.33. The molecule has 0 aliphatic rings. The molecule has 3 aromatic rings. The molecule has 0 aliphatic carbocycles. The van der Waals surface area contributed by atoms with Crippen LogP contribution in [0.3, 0.4) is 0 Å². The lowest BCUT2D eigenvalue weighted by Crippen LogP contribution is -2.15. The zero-order chi connectivity index (χ0) is 21.8. The van der Waals surface area contributed by atoms with Crippen molar-refractivity contribution in [1.29, 1.82) is 0 Å². The van der Waals surface area contributed by atoms with Gasteiger partial charge in [-0.15, -0.1) is 11.6 Å². The van der Waals surface area contributed by atoms with Crippen molar-refractivity contribution >= 4 is 28.8 Å². The number of hydrogen-bond donors (Lipinski definition) is 1. The highest BCUT2D eigenvalue weighted by Gasteiger charge is 2.10. The highest BCUT2D eigenvalue weighted by Crippen LogP contribution is 2.21. The zero-order valence-electron chi connectivity index (χ0n) is 18.2. The molecule has 0 bridgehead atoms. The lowest BCUT2D eigenvalue weighted by Gasteiger charge is -2.14. The van der Waals surface area contributed by atoms with Gasteiger partial charge < -0.3 is 5.32 Å². The number of nitrogens with zero attached hydrogens (tertiary/aromatic N) is 2. The molecule has 1 aromatic heterocycles. The Morgan fingerprint density at radius 3 is 2.37 bits per heavy atom. The molecule has 4 heteroatoms. The average Bonchev–Trinajstić information content (AvgIpc) is 2.79. The first kappa shape index (κ1) is 23.4. The van der Waals surface area contributed by atoms with Crippen molar-refractivity contribution in [2.45, 2.75) is 33.6 Å². The van der Waals surface area contributed by atoms with Crippen molar-refractivity contribution in [1.82, 2.24) is 4.98 Å². The van der Waals surface area contributed by atoms with Crippen LogP contribution in [0.4, 0.5) is 5.69 Å². The first-order chi connectivity index (χ1) is 14.7. The Kier molecular flexibility index (Phi) is 9.82. The first-order valence-electron chi connectivity index (χ1n) is 10.1. The standard InChI is InChI=1S/C25H27N3.CH3Cl/c1-4-5-12-24(21-10-8-17-26-18-21)28-25(23-11-7-6-9-20(23)3)27-22-15-13-19(2)14-16-22;1-2/h6-18H,4-5H2,1-3H3,(H,27,28);1H3/b24-12+;. The second-order valence-corrected chi connectivity index (χ2v) is 6.89. The summed E-state index contributed by atoms with van der Waals surface area (Å²) in [6.07, 6.45) is 9.36. The van der Waals surface area contributed by atoms with Gasteiger partial charge in [0.15, 0.2) is 0 Å². The number of amidine groups is 1. The second kappa shape index (κ2) is 12.6. The van der Waals surface area contributed by atoms with Gasteiger partial charge in [-0.2, -0.15) is 0 Å². The number of nitrogens with one attached hydrogen (secondary N) is 1. The molecule has 0 saturated carbocycles. The summed E-state index contributed by atoms with van der Waals surface area (Å²) < 4.78 is 0. The summed E-state index contributed by atoms with van der Waals surface area (Å²) >= 11 is 4.64. The molecular formula is C26H30ClN3. The molecule has 0 radical (unpaired) electrons. The Balaban J connectivity index is 0.00000155. The van der Waals surface area contributed by atoms with Crippen molar-refractivity contribution in [3.8, 4) is 0 Å². The molecule has 0 atom stereocenters. The van der Waals surface area contributed by atoms with Gasteiger partial charge in [0.2, 0.25) is 0 Å². The number of benzene rings is 2. The minimum atomic E-state index is 0.841. The van der Waals surface area contributed by atoms with E-state index in [0.717, 1.165) is 41.2 Å². The Morgan fingerprint density at radius 2 is 1.73 bits per heavy atom. The van der Waals surface area contributed by atoms with Gasteiger partial charge in [0.05, 0.1) is 5.70 Å². The third-order valence-electron chi connectivity index (χ3n) is 4.53. The molecule has 3 rings (SSSR count). The van der Waals surface area contributed by atoms with Crippen LogP contribution in [0.5, 0.6) is 0 Å². The van der Waals surface area contributed by atoms with Gasteiger partial charge in [0.25, 0.3) is 0 Å². The second-order valence-electron chi connectivity index (χ2n) is 6.89. The molecule has 0 saturated heterocycles. The van der Waals surface area contributed by atoms with Crippen molar-refractivity contribution in [3.63, 3.8) is 0 Å². The number of aromatic nitrogens is 1. The maximum absolute atomic E-state index is 5.06. The van der Waals surface area contributed by atoms with Crippen molar-refractivity contribution < 1.29 is 0 Å². The van der Waals surface area contributed by atoms with Gasteiger partial charge in [0.1, 0.15) is 5.84 Å². The van der Waals surface area contributed by atoms with E-state index in [-0.39, 0.29) is 0 Å². The van der Waals surface area contributed by atoms with Gasteiger partial charge in [-0.25, -0.2) is 4.99 Å². The van der Waals surface area contributed by atoms with E-state index in [1.54, 1.807) is 6.20 Å². The summed E-state index contributed by atoms with van der Waals surface area (Å²) in [6, 6.07) is 20.7. The summed E-state index contributed by atoms with van der Waals surface area (Å²) in [5.41, 5.74) is 6.49. The normalized spacial score (nSPS) is 11.5. The van der Waals surface area contributed by atoms with Gasteiger partial charge in [0, 0.05) is 35.6 Å². The molecule has 156 valence electrons. The van der Waals surface area contributed by atoms with Crippen LogP contribution >= 0.6 is 11.6 Å². The molecule has 0 fully saturated rings. The maximum atomic E-state index is 5.06. The summed E-state index contributed by atoms with van der Waals surface area (Å²) in [6.45, 7) is 6.38. The van der Waals surface area contributed by atoms with E-state index in [0.29, 0.717) is 0 Å². The molecule has 0 amide bonds. The lowest BCUT2D eigenvalue weighted by molar-refractivity contribution is 0.958. The van der Waals surface area contributed by atoms with Crippen LogP contribution in [0, 0.1) is 13.8 Å². The third kappa shape index (κ3) is 6.85. The fraction of sp³-hybridized carbons (Fsp3) is 0.231. The fourth-order valence-electron chi connectivity index (χ4n) is 2.91. The molecule has 1 N–H and O–H groups in total. The van der Waals surface area contributed by atoms with Gasteiger partial charge in [-0.1, -0.05) is 61.4 Å². The predicted octanol–water partition coefficient (Wildman–Crippen LogP) is 7.25. The molecule has 3 nitrogen and oxygen atoms in total. The number of unbranched alkanes of at least 4 members (excludes halogenated alkanes) is 1. The highest BCUT2D eigenvalue weighted by atomic mass is 35.5. The molecular weight excluding hydrogens is 390 g/mol. The number of anilines is 1. The first-order valence-corrected chi connectivity index (χ1v) is 10.9. The van der Waals surface area contributed by atoms with Crippen LogP contribution in [0.25, 0.3) is 5.70 Å². The number of hydrogen-bond acceptors (Lipinski definition) is 2. The van der Waals surface area contributed by atoms with Crippen molar-refractivity contribution in [3.05, 3.63) is 101 Å². The van der Waals surface area contributed by atoms with Crippen LogP contribution in [0.2, 0.25) is 0 Å². The van der Waals surface area contributed by atoms with Crippen LogP contribution < -0.4 is 5.32 Å². The molecule has 1 heterocycles. The molecule has 0 aliphatic heterocycles. The van der Waals surface area contributed by atoms with E-state index in [4.69, 9.17) is 4.99 Å². The number of halogens is 1. The van der Waals surface area contributed by atoms with E-state index >= 15 is 0 Å². The van der Waals surface area contributed by atoms with Crippen LogP contribution in [-0.2, 0) is 0 Å². The van der Waals surface area contributed by atoms with E-state index in [9.17, 15) is 0 Å². The molecule has 2 aromatic carbocycles. The predicted molar refractivity (Wildman–Crippen MR) is 131 cm³/mol. The van der Waals surface area contributed by atoms with E-state index in [2.05, 4.69) is 97.3 Å². The summed E-state index contributed by atoms with van der Waals surface area (Å²) in [7, 11) is 0. The number of aryl methyl sites for hydroxylation is 2. The van der Waals surface area contributed by atoms with Gasteiger partial charge in [-0.05, 0) is 50.1 Å². The van der Waals surface area contributed by atoms with Gasteiger partial charge >= 0.3 is 0 Å². The molecule has 0 unspecified atom stereocenters. The number of rotatable bonds is 6. The van der Waals surface area contributed by atoms with E-state index in [1.807, 2.05) is 18.3 Å². The Bertz CT molecular complexity index is 961. The summed E-state index contributed by atoms with van der Waals surface area (Å²) in [5.74, 6) is 0.841. The smallest absolute Gasteiger partial charge is 0.138 e. The molecule has 30 heavy (non-hydrogen) atoms. The largest absolute Gasteiger partial charge is 0.340 e. The lowest BCUT2D eigenvalue weighted by atomic mass is 10.1. The monoisotopic (exact) mass is 419 g/mol. The Labute approximate surface area is 185 Å². The third-order valence-corrected chi connectivity index (χ3v) is 4.53. The van der Waals surface area contributed by atoms with Crippen molar-refractivity contribution in [2.75, 3.05) is 11.7 Å². The fourth-order valence-corrected chi connectivity index (χ4v) is 2.91. The Hall–Kier alpha value is -2.91. The maximum Gasteiger partial charge on any atom is 0.138 e. The van der Waals surface area contributed by atoms with Crippen LogP contribution in [-0.4, -0.2) is 17.2 Å². The summed E-state index contributed by atoms with van der Waals surface area (Å²) in [5, 5.41) is 3.53. The minimum Gasteiger partial charge on any atom is -0.340 e. The average molecular weight is 420 g/mol. The van der Waals surface area contributed by atoms with Crippen LogP contribution in [0.15, 0.2) is 84.1 Å². The zero-order valence-corrected chi connectivity index (χ0v) is 18.9. The number of pyridine rings is 1. The van der Waals surface area contributed by atoms with Crippen molar-refractivity contribution in [2.24, 2.45) is 4.99 Å². The Morgan fingerprint density at radius 1 is 1.00 bits per heavy atom. The number of alkyl halides is 1.